The Bertz CT molecular complexity index is 1150. The molecule has 1 N–H and O–H groups in total. The summed E-state index contributed by atoms with van der Waals surface area (Å²) >= 11 is 0. The van der Waals surface area contributed by atoms with Gasteiger partial charge in [-0.15, -0.1) is 0 Å². The summed E-state index contributed by atoms with van der Waals surface area (Å²) < 4.78 is 21.9. The molecule has 1 aliphatic carbocycles. The molecule has 8 nitrogen and oxygen atoms in total. The minimum Gasteiger partial charge on any atom is -0.504 e. The van der Waals surface area contributed by atoms with Gasteiger partial charge in [0.25, 0.3) is 0 Å². The zero-order chi connectivity index (χ0) is 23.8. The Morgan fingerprint density at radius 1 is 0.882 bits per heavy atom. The van der Waals surface area contributed by atoms with Crippen molar-refractivity contribution in [1.29, 1.82) is 0 Å². The molecule has 2 aromatic rings. The molecule has 1 fully saturated rings. The highest BCUT2D eigenvalue weighted by atomic mass is 16.5. The fourth-order valence-corrected chi connectivity index (χ4v) is 5.14. The first-order valence-electron chi connectivity index (χ1n) is 11.6. The molecule has 2 heterocycles. The highest BCUT2D eigenvalue weighted by Gasteiger charge is 2.39. The molecule has 0 radical (unpaired) electrons. The predicted octanol–water partition coefficient (Wildman–Crippen LogP) is 3.02. The second-order valence-electron chi connectivity index (χ2n) is 8.72. The molecular weight excluding hydrogens is 436 g/mol. The van der Waals surface area contributed by atoms with E-state index < -0.39 is 0 Å². The number of hydrogen-bond donors (Lipinski definition) is 1. The zero-order valence-electron chi connectivity index (χ0n) is 19.8. The van der Waals surface area contributed by atoms with Gasteiger partial charge in [0.05, 0.1) is 45.8 Å². The minimum absolute atomic E-state index is 0.0409. The van der Waals surface area contributed by atoms with Crippen LogP contribution in [0.1, 0.15) is 33.5 Å². The maximum Gasteiger partial charge on any atom is 0.196 e. The largest absolute Gasteiger partial charge is 0.504 e. The summed E-state index contributed by atoms with van der Waals surface area (Å²) in [5.74, 6) is 1.43. The third-order valence-corrected chi connectivity index (χ3v) is 6.84. The average Bonchev–Trinajstić information content (AvgIpc) is 3.15. The number of morpholine rings is 1. The molecule has 0 atom stereocenters. The molecule has 0 aromatic heterocycles. The van der Waals surface area contributed by atoms with E-state index in [9.17, 15) is 9.90 Å². The number of aromatic hydroxyl groups is 1. The number of carbonyl (C=O) groups excluding carboxylic acids is 1. The molecule has 5 rings (SSSR count). The lowest BCUT2D eigenvalue weighted by Crippen LogP contribution is -2.38. The number of rotatable bonds is 7. The summed E-state index contributed by atoms with van der Waals surface area (Å²) in [6.07, 6.45) is 0.956. The molecule has 0 saturated carbocycles. The van der Waals surface area contributed by atoms with E-state index in [1.807, 2.05) is 12.1 Å². The Morgan fingerprint density at radius 3 is 2.26 bits per heavy atom. The van der Waals surface area contributed by atoms with Gasteiger partial charge in [0.15, 0.2) is 28.8 Å². The van der Waals surface area contributed by atoms with E-state index >= 15 is 0 Å². The number of ether oxygens (including phenoxy) is 4. The Kier molecular flexibility index (Phi) is 6.10. The Hall–Kier alpha value is -3.23. The van der Waals surface area contributed by atoms with Crippen LogP contribution in [-0.2, 0) is 11.3 Å². The third kappa shape index (κ3) is 3.76. The van der Waals surface area contributed by atoms with E-state index in [4.69, 9.17) is 18.9 Å². The average molecular weight is 467 g/mol. The van der Waals surface area contributed by atoms with Crippen LogP contribution in [0, 0.1) is 0 Å². The maximum absolute atomic E-state index is 13.6. The first-order valence-corrected chi connectivity index (χ1v) is 11.6. The molecule has 2 aliphatic heterocycles. The summed E-state index contributed by atoms with van der Waals surface area (Å²) in [6.45, 7) is 5.86. The number of fused-ring (bicyclic) bond motifs is 4. The zero-order valence-corrected chi connectivity index (χ0v) is 19.8. The van der Waals surface area contributed by atoms with Crippen LogP contribution in [-0.4, -0.2) is 81.4 Å². The lowest BCUT2D eigenvalue weighted by molar-refractivity contribution is 0.0366. The molecular formula is C26H30N2O6. The lowest BCUT2D eigenvalue weighted by atomic mass is 9.92. The van der Waals surface area contributed by atoms with Crippen LogP contribution in [0.15, 0.2) is 24.3 Å². The van der Waals surface area contributed by atoms with Crippen LogP contribution >= 0.6 is 0 Å². The van der Waals surface area contributed by atoms with Gasteiger partial charge in [0.2, 0.25) is 0 Å². The quantitative estimate of drug-likeness (QED) is 0.667. The van der Waals surface area contributed by atoms with Crippen LogP contribution in [0.5, 0.6) is 23.0 Å². The van der Waals surface area contributed by atoms with Crippen molar-refractivity contribution in [2.24, 2.45) is 0 Å². The van der Waals surface area contributed by atoms with Crippen LogP contribution < -0.4 is 14.2 Å². The number of phenolic OH excluding ortho intramolecular Hbond substituents is 1. The number of phenols is 1. The monoisotopic (exact) mass is 466 g/mol. The van der Waals surface area contributed by atoms with Gasteiger partial charge in [-0.25, -0.2) is 0 Å². The number of allylic oxidation sites excluding steroid dienone is 1. The third-order valence-electron chi connectivity index (χ3n) is 6.84. The SMILES string of the molecule is COc1cc2c(cc1O)C(=O)C1=C2N(CCCN2CCOCC2)Cc2cc(OC)c(OC)cc21. The first-order chi connectivity index (χ1) is 16.5. The number of ketones is 1. The van der Waals surface area contributed by atoms with Crippen molar-refractivity contribution in [3.8, 4) is 23.0 Å². The number of carbonyl (C=O) groups is 1. The van der Waals surface area contributed by atoms with E-state index in [2.05, 4.69) is 9.80 Å². The molecule has 8 heteroatoms. The van der Waals surface area contributed by atoms with Gasteiger partial charge < -0.3 is 29.0 Å². The van der Waals surface area contributed by atoms with E-state index in [1.165, 1.54) is 13.2 Å². The van der Waals surface area contributed by atoms with Gasteiger partial charge in [-0.3, -0.25) is 9.69 Å². The molecule has 34 heavy (non-hydrogen) atoms. The van der Waals surface area contributed by atoms with Crippen molar-refractivity contribution in [2.45, 2.75) is 13.0 Å². The normalized spacial score (nSPS) is 17.4. The maximum atomic E-state index is 13.6. The van der Waals surface area contributed by atoms with E-state index in [0.29, 0.717) is 34.9 Å². The van der Waals surface area contributed by atoms with Gasteiger partial charge in [0, 0.05) is 43.9 Å². The van der Waals surface area contributed by atoms with Crippen LogP contribution in [0.3, 0.4) is 0 Å². The highest BCUT2D eigenvalue weighted by Crippen LogP contribution is 2.49. The van der Waals surface area contributed by atoms with Gasteiger partial charge in [-0.05, 0) is 41.8 Å². The molecule has 1 saturated heterocycles. The number of methoxy groups -OCH3 is 3. The summed E-state index contributed by atoms with van der Waals surface area (Å²) in [5, 5.41) is 10.4. The summed E-state index contributed by atoms with van der Waals surface area (Å²) in [5.41, 5.74) is 4.67. The van der Waals surface area contributed by atoms with E-state index in [1.54, 1.807) is 20.3 Å². The van der Waals surface area contributed by atoms with Gasteiger partial charge in [0.1, 0.15) is 0 Å². The smallest absolute Gasteiger partial charge is 0.196 e. The van der Waals surface area contributed by atoms with Crippen LogP contribution in [0.25, 0.3) is 11.3 Å². The Labute approximate surface area is 199 Å². The summed E-state index contributed by atoms with van der Waals surface area (Å²) in [6, 6.07) is 7.13. The molecule has 3 aliphatic rings. The van der Waals surface area contributed by atoms with Crippen molar-refractivity contribution < 1.29 is 28.8 Å². The van der Waals surface area contributed by atoms with E-state index in [0.717, 1.165) is 68.2 Å². The second-order valence-corrected chi connectivity index (χ2v) is 8.72. The number of Topliss-reactive ketones (excluding diaryl/α,β-unsaturated/α-hetero) is 1. The lowest BCUT2D eigenvalue weighted by Gasteiger charge is -2.34. The molecule has 2 aromatic carbocycles. The minimum atomic E-state index is -0.102. The highest BCUT2D eigenvalue weighted by molar-refractivity contribution is 6.40. The number of hydrogen-bond acceptors (Lipinski definition) is 8. The molecule has 0 bridgehead atoms. The summed E-state index contributed by atoms with van der Waals surface area (Å²) in [7, 11) is 4.72. The van der Waals surface area contributed by atoms with Gasteiger partial charge >= 0.3 is 0 Å². The van der Waals surface area contributed by atoms with Gasteiger partial charge in [-0.2, -0.15) is 0 Å². The van der Waals surface area contributed by atoms with Crippen molar-refractivity contribution >= 4 is 17.1 Å². The molecule has 0 amide bonds. The fourth-order valence-electron chi connectivity index (χ4n) is 5.14. The Morgan fingerprint density at radius 2 is 1.56 bits per heavy atom. The number of nitrogens with zero attached hydrogens (tertiary/aromatic N) is 2. The Balaban J connectivity index is 1.55. The standard InChI is InChI=1S/C26H30N2O6/c1-31-21-14-18-19(12-20(21)29)26(30)24-17-13-23(33-3)22(32-2)11-16(17)15-28(25(18)24)6-4-5-27-7-9-34-10-8-27/h11-14,29H,4-10,15H2,1-3H3. The van der Waals surface area contributed by atoms with Crippen molar-refractivity contribution in [2.75, 3.05) is 60.7 Å². The molecule has 0 unspecified atom stereocenters. The number of benzene rings is 2. The van der Waals surface area contributed by atoms with Crippen molar-refractivity contribution in [3.63, 3.8) is 0 Å². The molecule has 0 spiro atoms. The van der Waals surface area contributed by atoms with Crippen LogP contribution in [0.4, 0.5) is 0 Å². The molecule has 180 valence electrons. The second kappa shape index (κ2) is 9.19. The van der Waals surface area contributed by atoms with E-state index in [-0.39, 0.29) is 11.5 Å². The van der Waals surface area contributed by atoms with Crippen molar-refractivity contribution in [3.05, 3.63) is 46.5 Å². The first kappa shape index (κ1) is 22.6. The topological polar surface area (TPSA) is 80.7 Å². The van der Waals surface area contributed by atoms with Crippen LogP contribution in [0.2, 0.25) is 0 Å². The van der Waals surface area contributed by atoms with Gasteiger partial charge in [-0.1, -0.05) is 0 Å². The predicted molar refractivity (Wildman–Crippen MR) is 128 cm³/mol. The van der Waals surface area contributed by atoms with Crippen molar-refractivity contribution in [1.82, 2.24) is 9.80 Å². The fraction of sp³-hybridized carbons (Fsp3) is 0.423. The summed E-state index contributed by atoms with van der Waals surface area (Å²) in [4.78, 5) is 18.3.